The third-order valence-corrected chi connectivity index (χ3v) is 4.25. The van der Waals surface area contributed by atoms with E-state index >= 15 is 0 Å². The Bertz CT molecular complexity index is 454. The van der Waals surface area contributed by atoms with Crippen LogP contribution in [0, 0.1) is 12.8 Å². The van der Waals surface area contributed by atoms with Gasteiger partial charge in [0, 0.05) is 16.7 Å². The predicted molar refractivity (Wildman–Crippen MR) is 65.1 cm³/mol. The van der Waals surface area contributed by atoms with Gasteiger partial charge in [0.05, 0.1) is 0 Å². The number of thiophene rings is 1. The fraction of sp³-hybridized carbons (Fsp3) is 0.500. The van der Waals surface area contributed by atoms with E-state index in [9.17, 15) is 9.59 Å². The highest BCUT2D eigenvalue weighted by Gasteiger charge is 2.45. The van der Waals surface area contributed by atoms with Crippen LogP contribution < -0.4 is 5.32 Å². The smallest absolute Gasteiger partial charge is 0.325 e. The van der Waals surface area contributed by atoms with Crippen LogP contribution in [0.15, 0.2) is 11.4 Å². The number of carbonyl (C=O) groups is 2. The number of carbonyl (C=O) groups excluding carboxylic acids is 1. The third-order valence-electron chi connectivity index (χ3n) is 3.09. The van der Waals surface area contributed by atoms with Gasteiger partial charge >= 0.3 is 5.97 Å². The number of nitrogens with one attached hydrogen (secondary N) is 1. The number of hydrogen-bond acceptors (Lipinski definition) is 3. The molecule has 1 fully saturated rings. The van der Waals surface area contributed by atoms with E-state index in [1.54, 1.807) is 11.3 Å². The summed E-state index contributed by atoms with van der Waals surface area (Å²) in [6.07, 6.45) is 0.833. The molecule has 17 heavy (non-hydrogen) atoms. The molecule has 1 aliphatic rings. The van der Waals surface area contributed by atoms with Gasteiger partial charge in [-0.1, -0.05) is 0 Å². The maximum absolute atomic E-state index is 11.8. The Labute approximate surface area is 104 Å². The zero-order valence-electron chi connectivity index (χ0n) is 9.77. The summed E-state index contributed by atoms with van der Waals surface area (Å²) in [7, 11) is 0. The lowest BCUT2D eigenvalue weighted by atomic mass is 10.2. The Morgan fingerprint density at radius 1 is 1.59 bits per heavy atom. The number of carboxylic acids is 1. The van der Waals surface area contributed by atoms with E-state index in [-0.39, 0.29) is 17.7 Å². The van der Waals surface area contributed by atoms with Crippen molar-refractivity contribution in [2.45, 2.75) is 32.2 Å². The molecular weight excluding hydrogens is 238 g/mol. The first kappa shape index (κ1) is 12.1. The molecule has 0 aliphatic heterocycles. The summed E-state index contributed by atoms with van der Waals surface area (Å²) >= 11 is 1.67. The van der Waals surface area contributed by atoms with E-state index in [0.29, 0.717) is 0 Å². The third kappa shape index (κ3) is 2.49. The van der Waals surface area contributed by atoms with E-state index in [2.05, 4.69) is 5.32 Å². The van der Waals surface area contributed by atoms with Crippen LogP contribution in [0.3, 0.4) is 0 Å². The molecular formula is C12H15NO3S. The van der Waals surface area contributed by atoms with Gasteiger partial charge in [-0.15, -0.1) is 11.3 Å². The van der Waals surface area contributed by atoms with E-state index in [1.807, 2.05) is 18.4 Å². The first-order valence-corrected chi connectivity index (χ1v) is 6.46. The predicted octanol–water partition coefficient (Wildman–Crippen LogP) is 1.75. The molecule has 4 nitrogen and oxygen atoms in total. The lowest BCUT2D eigenvalue weighted by Gasteiger charge is -2.08. The standard InChI is InChI=1S/C12H15NO3S/c1-6-3-4-17-10(6)8-5-9(8)11(14)13-7(2)12(15)16/h3-4,7-9H,5H2,1-2H3,(H,13,14)(H,15,16)/t7-,8-,9-/m1/s1. The molecule has 0 spiro atoms. The van der Waals surface area contributed by atoms with Crippen LogP contribution in [-0.2, 0) is 9.59 Å². The lowest BCUT2D eigenvalue weighted by Crippen LogP contribution is -2.39. The van der Waals surface area contributed by atoms with Crippen LogP contribution in [0.4, 0.5) is 0 Å². The van der Waals surface area contributed by atoms with Crippen molar-refractivity contribution < 1.29 is 14.7 Å². The molecule has 0 bridgehead atoms. The molecule has 3 atom stereocenters. The molecule has 2 N–H and O–H groups in total. The van der Waals surface area contributed by atoms with Crippen molar-refractivity contribution in [2.24, 2.45) is 5.92 Å². The van der Waals surface area contributed by atoms with Gasteiger partial charge in [0.25, 0.3) is 0 Å². The molecule has 0 saturated heterocycles. The lowest BCUT2D eigenvalue weighted by molar-refractivity contribution is -0.141. The fourth-order valence-electron chi connectivity index (χ4n) is 1.92. The molecule has 1 heterocycles. The average molecular weight is 253 g/mol. The normalized spacial score (nSPS) is 24.1. The molecule has 0 aromatic carbocycles. The summed E-state index contributed by atoms with van der Waals surface area (Å²) in [5.74, 6) is -0.898. The molecule has 1 saturated carbocycles. The topological polar surface area (TPSA) is 66.4 Å². The van der Waals surface area contributed by atoms with Crippen molar-refractivity contribution in [2.75, 3.05) is 0 Å². The van der Waals surface area contributed by atoms with E-state index < -0.39 is 12.0 Å². The van der Waals surface area contributed by atoms with Crippen LogP contribution in [0.1, 0.15) is 29.7 Å². The first-order chi connectivity index (χ1) is 8.00. The van der Waals surface area contributed by atoms with Crippen molar-refractivity contribution in [3.63, 3.8) is 0 Å². The quantitative estimate of drug-likeness (QED) is 0.859. The zero-order valence-corrected chi connectivity index (χ0v) is 10.6. The second-order valence-electron chi connectivity index (χ2n) is 4.49. The number of aliphatic carboxylic acids is 1. The minimum absolute atomic E-state index is 0.0471. The Morgan fingerprint density at radius 2 is 2.29 bits per heavy atom. The van der Waals surface area contributed by atoms with Crippen LogP contribution in [0.2, 0.25) is 0 Å². The van der Waals surface area contributed by atoms with Gasteiger partial charge in [0.15, 0.2) is 0 Å². The van der Waals surface area contributed by atoms with Crippen LogP contribution >= 0.6 is 11.3 Å². The Hall–Kier alpha value is -1.36. The van der Waals surface area contributed by atoms with Crippen molar-refractivity contribution in [3.05, 3.63) is 21.9 Å². The molecule has 1 aromatic heterocycles. The molecule has 92 valence electrons. The summed E-state index contributed by atoms with van der Waals surface area (Å²) < 4.78 is 0. The van der Waals surface area contributed by atoms with E-state index in [4.69, 9.17) is 5.11 Å². The molecule has 1 aliphatic carbocycles. The number of amides is 1. The highest BCUT2D eigenvalue weighted by molar-refractivity contribution is 7.10. The molecule has 1 aromatic rings. The van der Waals surface area contributed by atoms with Gasteiger partial charge in [-0.25, -0.2) is 0 Å². The highest BCUT2D eigenvalue weighted by atomic mass is 32.1. The SMILES string of the molecule is Cc1ccsc1[C@@H]1C[C@H]1C(=O)N[C@H](C)C(=O)O. The second-order valence-corrected chi connectivity index (χ2v) is 5.43. The minimum Gasteiger partial charge on any atom is -0.480 e. The Balaban J connectivity index is 1.93. The summed E-state index contributed by atoms with van der Waals surface area (Å²) in [5.41, 5.74) is 1.22. The van der Waals surface area contributed by atoms with Gasteiger partial charge in [0.1, 0.15) is 6.04 Å². The fourth-order valence-corrected chi connectivity index (χ4v) is 3.03. The monoisotopic (exact) mass is 253 g/mol. The summed E-state index contributed by atoms with van der Waals surface area (Å²) in [6, 6.07) is 1.24. The molecule has 0 radical (unpaired) electrons. The molecule has 0 unspecified atom stereocenters. The number of aryl methyl sites for hydroxylation is 1. The van der Waals surface area contributed by atoms with Gasteiger partial charge in [-0.2, -0.15) is 0 Å². The number of carboxylic acid groups (broad SMARTS) is 1. The van der Waals surface area contributed by atoms with Crippen LogP contribution in [0.5, 0.6) is 0 Å². The molecule has 1 amide bonds. The molecule has 2 rings (SSSR count). The van der Waals surface area contributed by atoms with Crippen LogP contribution in [-0.4, -0.2) is 23.0 Å². The van der Waals surface area contributed by atoms with Crippen molar-refractivity contribution in [1.29, 1.82) is 0 Å². The van der Waals surface area contributed by atoms with Gasteiger partial charge in [0.2, 0.25) is 5.91 Å². The average Bonchev–Trinajstić information content (AvgIpc) is 2.94. The summed E-state index contributed by atoms with van der Waals surface area (Å²) in [6.45, 7) is 3.52. The number of rotatable bonds is 4. The minimum atomic E-state index is -0.997. The largest absolute Gasteiger partial charge is 0.480 e. The zero-order chi connectivity index (χ0) is 12.6. The Morgan fingerprint density at radius 3 is 2.82 bits per heavy atom. The second kappa shape index (κ2) is 4.49. The van der Waals surface area contributed by atoms with Crippen LogP contribution in [0.25, 0.3) is 0 Å². The van der Waals surface area contributed by atoms with Crippen molar-refractivity contribution >= 4 is 23.2 Å². The van der Waals surface area contributed by atoms with Gasteiger partial charge < -0.3 is 10.4 Å². The van der Waals surface area contributed by atoms with Crippen molar-refractivity contribution in [3.8, 4) is 0 Å². The molecule has 5 heteroatoms. The summed E-state index contributed by atoms with van der Waals surface area (Å²) in [4.78, 5) is 23.7. The van der Waals surface area contributed by atoms with Crippen molar-refractivity contribution in [1.82, 2.24) is 5.32 Å². The number of hydrogen-bond donors (Lipinski definition) is 2. The summed E-state index contributed by atoms with van der Waals surface area (Å²) in [5, 5.41) is 13.3. The maximum atomic E-state index is 11.8. The maximum Gasteiger partial charge on any atom is 0.325 e. The van der Waals surface area contributed by atoms with Gasteiger partial charge in [-0.3, -0.25) is 9.59 Å². The van der Waals surface area contributed by atoms with Gasteiger partial charge in [-0.05, 0) is 37.3 Å². The Kier molecular flexibility index (Phi) is 3.19. The highest BCUT2D eigenvalue weighted by Crippen LogP contribution is 2.50. The van der Waals surface area contributed by atoms with E-state index in [0.717, 1.165) is 6.42 Å². The van der Waals surface area contributed by atoms with E-state index in [1.165, 1.54) is 17.4 Å². The first-order valence-electron chi connectivity index (χ1n) is 5.58.